The highest BCUT2D eigenvalue weighted by molar-refractivity contribution is 5.83. The molecule has 5 heteroatoms. The summed E-state index contributed by atoms with van der Waals surface area (Å²) in [5, 5.41) is 10.9. The molecule has 0 unspecified atom stereocenters. The first-order valence-corrected chi connectivity index (χ1v) is 4.17. The molecule has 0 saturated heterocycles. The van der Waals surface area contributed by atoms with Crippen molar-refractivity contribution in [2.45, 2.75) is 6.54 Å². The van der Waals surface area contributed by atoms with Crippen molar-refractivity contribution in [1.29, 1.82) is 0 Å². The Kier molecular flexibility index (Phi) is 3.41. The molecule has 1 rings (SSSR count). The zero-order chi connectivity index (χ0) is 10.6. The first kappa shape index (κ1) is 10.5. The summed E-state index contributed by atoms with van der Waals surface area (Å²) in [6.45, 7) is 0.679. The predicted octanol–water partition coefficient (Wildman–Crippen LogP) is 1.23. The van der Waals surface area contributed by atoms with Gasteiger partial charge in [-0.25, -0.2) is 4.79 Å². The Bertz CT molecular complexity index is 326. The van der Waals surface area contributed by atoms with Gasteiger partial charge >= 0.3 is 6.09 Å². The van der Waals surface area contributed by atoms with Crippen LogP contribution in [0.4, 0.5) is 10.5 Å². The van der Waals surface area contributed by atoms with E-state index in [2.05, 4.69) is 10.3 Å². The van der Waals surface area contributed by atoms with Crippen LogP contribution in [0.2, 0.25) is 0 Å². The number of hydrogen-bond acceptors (Lipinski definition) is 3. The number of carbonyl (C=O) groups is 1. The molecule has 14 heavy (non-hydrogen) atoms. The Hall–Kier alpha value is -1.62. The fourth-order valence-corrected chi connectivity index (χ4v) is 1.13. The lowest BCUT2D eigenvalue weighted by Gasteiger charge is -2.12. The maximum Gasteiger partial charge on any atom is 0.409 e. The van der Waals surface area contributed by atoms with E-state index in [-0.39, 0.29) is 0 Å². The topological polar surface area (TPSA) is 65.5 Å². The lowest BCUT2D eigenvalue weighted by atomic mass is 10.2. The van der Waals surface area contributed by atoms with Crippen molar-refractivity contribution in [3.05, 3.63) is 24.0 Å². The van der Waals surface area contributed by atoms with Crippen LogP contribution in [0.25, 0.3) is 0 Å². The van der Waals surface area contributed by atoms with Gasteiger partial charge in [-0.05, 0) is 25.7 Å². The van der Waals surface area contributed by atoms with Crippen LogP contribution < -0.4 is 5.32 Å². The lowest BCUT2D eigenvalue weighted by Crippen LogP contribution is -2.15. The van der Waals surface area contributed by atoms with Crippen LogP contribution in [0.15, 0.2) is 18.5 Å². The molecule has 0 fully saturated rings. The van der Waals surface area contributed by atoms with E-state index < -0.39 is 6.09 Å². The van der Waals surface area contributed by atoms with Crippen molar-refractivity contribution in [1.82, 2.24) is 9.88 Å². The number of nitrogens with one attached hydrogen (secondary N) is 1. The lowest BCUT2D eigenvalue weighted by molar-refractivity contribution is 0.209. The van der Waals surface area contributed by atoms with Crippen molar-refractivity contribution < 1.29 is 9.90 Å². The minimum atomic E-state index is -1.07. The average Bonchev–Trinajstić information content (AvgIpc) is 2.06. The molecule has 1 aromatic heterocycles. The Labute approximate surface area is 82.4 Å². The molecule has 2 N–H and O–H groups in total. The fraction of sp³-hybridized carbons (Fsp3) is 0.333. The van der Waals surface area contributed by atoms with Crippen molar-refractivity contribution in [2.75, 3.05) is 19.4 Å². The van der Waals surface area contributed by atoms with Gasteiger partial charge in [0.15, 0.2) is 0 Å². The molecular weight excluding hydrogens is 182 g/mol. The average molecular weight is 195 g/mol. The summed E-state index contributed by atoms with van der Waals surface area (Å²) in [4.78, 5) is 16.3. The minimum absolute atomic E-state index is 0.536. The number of hydrogen-bond donors (Lipinski definition) is 2. The maximum atomic E-state index is 10.5. The normalized spacial score (nSPS) is 10.2. The molecule has 0 spiro atoms. The molecule has 0 aromatic carbocycles. The second-order valence-electron chi connectivity index (χ2n) is 3.20. The number of carboxylic acid groups (broad SMARTS) is 1. The Morgan fingerprint density at radius 2 is 2.36 bits per heavy atom. The van der Waals surface area contributed by atoms with Crippen LogP contribution in [0, 0.1) is 0 Å². The number of pyridine rings is 1. The summed E-state index contributed by atoms with van der Waals surface area (Å²) >= 11 is 0. The van der Waals surface area contributed by atoms with Crippen molar-refractivity contribution in [3.63, 3.8) is 0 Å². The smallest absolute Gasteiger partial charge is 0.409 e. The van der Waals surface area contributed by atoms with Gasteiger partial charge in [0.25, 0.3) is 0 Å². The van der Waals surface area contributed by atoms with E-state index in [1.807, 2.05) is 19.0 Å². The molecule has 76 valence electrons. The first-order chi connectivity index (χ1) is 6.59. The van der Waals surface area contributed by atoms with Crippen LogP contribution in [0.1, 0.15) is 5.56 Å². The third kappa shape index (κ3) is 3.02. The van der Waals surface area contributed by atoms with Gasteiger partial charge in [-0.3, -0.25) is 10.3 Å². The highest BCUT2D eigenvalue weighted by Crippen LogP contribution is 2.14. The van der Waals surface area contributed by atoms with Crippen LogP contribution >= 0.6 is 0 Å². The van der Waals surface area contributed by atoms with E-state index in [0.29, 0.717) is 12.2 Å². The highest BCUT2D eigenvalue weighted by atomic mass is 16.4. The monoisotopic (exact) mass is 195 g/mol. The minimum Gasteiger partial charge on any atom is -0.465 e. The van der Waals surface area contributed by atoms with Gasteiger partial charge in [-0.1, -0.05) is 0 Å². The van der Waals surface area contributed by atoms with E-state index in [1.165, 1.54) is 6.20 Å². The van der Waals surface area contributed by atoms with Gasteiger partial charge < -0.3 is 10.0 Å². The van der Waals surface area contributed by atoms with Crippen LogP contribution in [-0.4, -0.2) is 35.2 Å². The van der Waals surface area contributed by atoms with E-state index >= 15 is 0 Å². The zero-order valence-electron chi connectivity index (χ0n) is 8.19. The van der Waals surface area contributed by atoms with Crippen molar-refractivity contribution >= 4 is 11.8 Å². The molecule has 5 nitrogen and oxygen atoms in total. The van der Waals surface area contributed by atoms with E-state index in [1.54, 1.807) is 12.3 Å². The molecule has 0 aliphatic rings. The molecule has 0 radical (unpaired) electrons. The zero-order valence-corrected chi connectivity index (χ0v) is 8.19. The fourth-order valence-electron chi connectivity index (χ4n) is 1.13. The number of anilines is 1. The third-order valence-corrected chi connectivity index (χ3v) is 1.64. The maximum absolute atomic E-state index is 10.5. The first-order valence-electron chi connectivity index (χ1n) is 4.17. The largest absolute Gasteiger partial charge is 0.465 e. The summed E-state index contributed by atoms with van der Waals surface area (Å²) in [5.41, 5.74) is 1.45. The number of aromatic nitrogens is 1. The summed E-state index contributed by atoms with van der Waals surface area (Å²) < 4.78 is 0. The van der Waals surface area contributed by atoms with Gasteiger partial charge in [0, 0.05) is 12.7 Å². The van der Waals surface area contributed by atoms with E-state index in [0.717, 1.165) is 5.56 Å². The SMILES string of the molecule is CN(C)Cc1ccncc1NC(=O)O. The summed E-state index contributed by atoms with van der Waals surface area (Å²) in [7, 11) is 3.84. The second-order valence-corrected chi connectivity index (χ2v) is 3.20. The molecule has 0 saturated carbocycles. The second kappa shape index (κ2) is 4.57. The van der Waals surface area contributed by atoms with Crippen molar-refractivity contribution in [2.24, 2.45) is 0 Å². The Morgan fingerprint density at radius 1 is 1.64 bits per heavy atom. The Morgan fingerprint density at radius 3 is 2.93 bits per heavy atom. The number of nitrogens with zero attached hydrogens (tertiary/aromatic N) is 2. The number of amides is 1. The van der Waals surface area contributed by atoms with Gasteiger partial charge in [-0.2, -0.15) is 0 Å². The standard InChI is InChI=1S/C9H13N3O2/c1-12(2)6-7-3-4-10-5-8(7)11-9(13)14/h3-5,11H,6H2,1-2H3,(H,13,14). The van der Waals surface area contributed by atoms with Crippen LogP contribution in [0.5, 0.6) is 0 Å². The van der Waals surface area contributed by atoms with Gasteiger partial charge in [0.05, 0.1) is 11.9 Å². The summed E-state index contributed by atoms with van der Waals surface area (Å²) in [5.74, 6) is 0. The number of rotatable bonds is 3. The molecule has 1 amide bonds. The van der Waals surface area contributed by atoms with E-state index in [4.69, 9.17) is 5.11 Å². The summed E-state index contributed by atoms with van der Waals surface area (Å²) in [6.07, 6.45) is 2.08. The molecule has 0 aliphatic heterocycles. The highest BCUT2D eigenvalue weighted by Gasteiger charge is 2.05. The molecule has 1 heterocycles. The van der Waals surface area contributed by atoms with Crippen LogP contribution in [-0.2, 0) is 6.54 Å². The third-order valence-electron chi connectivity index (χ3n) is 1.64. The van der Waals surface area contributed by atoms with Gasteiger partial charge in [-0.15, -0.1) is 0 Å². The molecule has 1 aromatic rings. The molecule has 0 atom stereocenters. The van der Waals surface area contributed by atoms with Crippen molar-refractivity contribution in [3.8, 4) is 0 Å². The van der Waals surface area contributed by atoms with Gasteiger partial charge in [0.2, 0.25) is 0 Å². The molecular formula is C9H13N3O2. The summed E-state index contributed by atoms with van der Waals surface area (Å²) in [6, 6.07) is 1.80. The molecule has 0 aliphatic carbocycles. The predicted molar refractivity (Wildman–Crippen MR) is 53.3 cm³/mol. The van der Waals surface area contributed by atoms with E-state index in [9.17, 15) is 4.79 Å². The van der Waals surface area contributed by atoms with Crippen LogP contribution in [0.3, 0.4) is 0 Å². The Balaban J connectivity index is 2.85. The quantitative estimate of drug-likeness (QED) is 0.761. The molecule has 0 bridgehead atoms. The van der Waals surface area contributed by atoms with Gasteiger partial charge in [0.1, 0.15) is 0 Å².